The Bertz CT molecular complexity index is 117. The minimum Gasteiger partial charge on any atom is -0.394 e. The van der Waals surface area contributed by atoms with Gasteiger partial charge in [-0.15, -0.1) is 0 Å². The summed E-state index contributed by atoms with van der Waals surface area (Å²) in [5.41, 5.74) is 0. The predicted octanol–water partition coefficient (Wildman–Crippen LogP) is -2.58. The molecule has 0 unspecified atom stereocenters. The third-order valence-corrected chi connectivity index (χ3v) is 1.52. The Morgan fingerprint density at radius 1 is 1.10 bits per heavy atom. The molecule has 0 saturated carbocycles. The molecule has 0 bridgehead atoms. The Morgan fingerprint density at radius 2 is 1.70 bits per heavy atom. The Balaban J connectivity index is 2.53. The van der Waals surface area contributed by atoms with Crippen molar-refractivity contribution in [3.8, 4) is 0 Å². The maximum absolute atomic E-state index is 8.93. The van der Waals surface area contributed by atoms with Gasteiger partial charge in [0.2, 0.25) is 0 Å². The average Bonchev–Trinajstić information content (AvgIpc) is 2.17. The first-order chi connectivity index (χ1) is 4.66. The third kappa shape index (κ3) is 1.14. The number of rotatable bonds is 1. The lowest BCUT2D eigenvalue weighted by Gasteiger charge is -2.09. The molecule has 0 aromatic carbocycles. The summed E-state index contributed by atoms with van der Waals surface area (Å²) in [7, 11) is 0. The molecule has 0 radical (unpaired) electrons. The standard InChI is InChI=1S/C5H10O5/c6-1-2-3(7)4(8)5(9)10-2/h2-9H,1H2/t2-,3+,4+,5-/m0/s1. The molecule has 5 nitrogen and oxygen atoms in total. The zero-order chi connectivity index (χ0) is 7.72. The van der Waals surface area contributed by atoms with Crippen molar-refractivity contribution in [2.24, 2.45) is 0 Å². The number of hydrogen-bond acceptors (Lipinski definition) is 5. The summed E-state index contributed by atoms with van der Waals surface area (Å²) in [4.78, 5) is 0. The fourth-order valence-electron chi connectivity index (χ4n) is 0.880. The topological polar surface area (TPSA) is 90.2 Å². The van der Waals surface area contributed by atoms with Crippen molar-refractivity contribution in [1.82, 2.24) is 0 Å². The quantitative estimate of drug-likeness (QED) is 0.329. The van der Waals surface area contributed by atoms with Gasteiger partial charge in [-0.2, -0.15) is 0 Å². The van der Waals surface area contributed by atoms with Crippen molar-refractivity contribution >= 4 is 0 Å². The van der Waals surface area contributed by atoms with Gasteiger partial charge in [-0.1, -0.05) is 0 Å². The van der Waals surface area contributed by atoms with Crippen LogP contribution in [0.3, 0.4) is 0 Å². The van der Waals surface area contributed by atoms with E-state index < -0.39 is 31.2 Å². The van der Waals surface area contributed by atoms with Gasteiger partial charge in [0.25, 0.3) is 0 Å². The van der Waals surface area contributed by atoms with Gasteiger partial charge in [0.15, 0.2) is 6.29 Å². The first-order valence-electron chi connectivity index (χ1n) is 2.97. The van der Waals surface area contributed by atoms with E-state index in [2.05, 4.69) is 4.74 Å². The van der Waals surface area contributed by atoms with Crippen LogP contribution in [0.2, 0.25) is 0 Å². The highest BCUT2D eigenvalue weighted by Crippen LogP contribution is 2.18. The van der Waals surface area contributed by atoms with Gasteiger partial charge >= 0.3 is 0 Å². The van der Waals surface area contributed by atoms with E-state index in [1.54, 1.807) is 0 Å². The highest BCUT2D eigenvalue weighted by atomic mass is 16.6. The van der Waals surface area contributed by atoms with Crippen LogP contribution in [-0.2, 0) is 4.74 Å². The number of aliphatic hydroxyl groups excluding tert-OH is 4. The molecule has 4 atom stereocenters. The molecule has 10 heavy (non-hydrogen) atoms. The van der Waals surface area contributed by atoms with Gasteiger partial charge in [-0.05, 0) is 0 Å². The van der Waals surface area contributed by atoms with Gasteiger partial charge in [-0.25, -0.2) is 0 Å². The van der Waals surface area contributed by atoms with Gasteiger partial charge in [-0.3, -0.25) is 0 Å². The summed E-state index contributed by atoms with van der Waals surface area (Å²) in [6.07, 6.45) is -4.76. The molecule has 1 rings (SSSR count). The maximum atomic E-state index is 8.93. The molecule has 0 aromatic rings. The van der Waals surface area contributed by atoms with E-state index in [0.717, 1.165) is 0 Å². The van der Waals surface area contributed by atoms with Crippen LogP contribution in [0.25, 0.3) is 0 Å². The summed E-state index contributed by atoms with van der Waals surface area (Å²) in [6.45, 7) is -0.407. The minimum absolute atomic E-state index is 0.407. The molecule has 1 fully saturated rings. The summed E-state index contributed by atoms with van der Waals surface area (Å²) in [6, 6.07) is 0. The van der Waals surface area contributed by atoms with Crippen LogP contribution in [0.15, 0.2) is 0 Å². The molecule has 1 aliphatic rings. The molecule has 1 heterocycles. The van der Waals surface area contributed by atoms with E-state index in [1.165, 1.54) is 0 Å². The number of hydrogen-bond donors (Lipinski definition) is 4. The Hall–Kier alpha value is -0.200. The van der Waals surface area contributed by atoms with E-state index in [4.69, 9.17) is 20.4 Å². The first-order valence-corrected chi connectivity index (χ1v) is 2.97. The Labute approximate surface area is 57.5 Å². The second-order valence-corrected chi connectivity index (χ2v) is 2.23. The fourth-order valence-corrected chi connectivity index (χ4v) is 0.880. The smallest absolute Gasteiger partial charge is 0.184 e. The van der Waals surface area contributed by atoms with Crippen molar-refractivity contribution in [3.63, 3.8) is 0 Å². The molecule has 0 spiro atoms. The van der Waals surface area contributed by atoms with Crippen molar-refractivity contribution in [2.75, 3.05) is 6.61 Å². The van der Waals surface area contributed by atoms with Crippen LogP contribution in [0, 0.1) is 0 Å². The third-order valence-electron chi connectivity index (χ3n) is 1.52. The van der Waals surface area contributed by atoms with Crippen LogP contribution in [0.5, 0.6) is 0 Å². The molecule has 1 aliphatic heterocycles. The van der Waals surface area contributed by atoms with Gasteiger partial charge in [0, 0.05) is 0 Å². The monoisotopic (exact) mass is 150 g/mol. The zero-order valence-corrected chi connectivity index (χ0v) is 5.21. The van der Waals surface area contributed by atoms with Crippen LogP contribution < -0.4 is 0 Å². The summed E-state index contributed by atoms with van der Waals surface area (Å²) >= 11 is 0. The van der Waals surface area contributed by atoms with E-state index in [9.17, 15) is 0 Å². The van der Waals surface area contributed by atoms with Gasteiger partial charge in [0.05, 0.1) is 6.61 Å². The molecule has 5 heteroatoms. The first kappa shape index (κ1) is 7.90. The second kappa shape index (κ2) is 2.81. The van der Waals surface area contributed by atoms with Gasteiger partial charge < -0.3 is 25.2 Å². The van der Waals surface area contributed by atoms with Crippen molar-refractivity contribution in [2.45, 2.75) is 24.6 Å². The molecule has 1 saturated heterocycles. The Kier molecular flexibility index (Phi) is 2.22. The summed E-state index contributed by atoms with van der Waals surface area (Å²) < 4.78 is 4.54. The molecular weight excluding hydrogens is 140 g/mol. The van der Waals surface area contributed by atoms with Crippen LogP contribution in [-0.4, -0.2) is 51.6 Å². The fraction of sp³-hybridized carbons (Fsp3) is 1.00. The predicted molar refractivity (Wildman–Crippen MR) is 30.0 cm³/mol. The van der Waals surface area contributed by atoms with Gasteiger partial charge in [0.1, 0.15) is 18.3 Å². The molecule has 4 N–H and O–H groups in total. The number of aliphatic hydroxyl groups is 4. The van der Waals surface area contributed by atoms with Crippen molar-refractivity contribution < 1.29 is 25.2 Å². The average molecular weight is 150 g/mol. The van der Waals surface area contributed by atoms with Crippen LogP contribution in [0.1, 0.15) is 0 Å². The summed E-state index contributed by atoms with van der Waals surface area (Å²) in [5.74, 6) is 0. The van der Waals surface area contributed by atoms with E-state index >= 15 is 0 Å². The lowest BCUT2D eigenvalue weighted by atomic mass is 10.1. The summed E-state index contributed by atoms with van der Waals surface area (Å²) in [5, 5.41) is 35.0. The van der Waals surface area contributed by atoms with Crippen molar-refractivity contribution in [1.29, 1.82) is 0 Å². The normalized spacial score (nSPS) is 48.0. The number of ether oxygens (including phenoxy) is 1. The zero-order valence-electron chi connectivity index (χ0n) is 5.21. The highest BCUT2D eigenvalue weighted by molar-refractivity contribution is 4.84. The minimum atomic E-state index is -1.38. The van der Waals surface area contributed by atoms with Crippen LogP contribution >= 0.6 is 0 Å². The van der Waals surface area contributed by atoms with E-state index in [1.807, 2.05) is 0 Å². The Morgan fingerprint density at radius 3 is 1.90 bits per heavy atom. The maximum Gasteiger partial charge on any atom is 0.184 e. The van der Waals surface area contributed by atoms with Crippen LogP contribution in [0.4, 0.5) is 0 Å². The molecule has 0 aromatic heterocycles. The molecule has 0 aliphatic carbocycles. The highest BCUT2D eigenvalue weighted by Gasteiger charge is 2.41. The van der Waals surface area contributed by atoms with E-state index in [0.29, 0.717) is 0 Å². The second-order valence-electron chi connectivity index (χ2n) is 2.23. The van der Waals surface area contributed by atoms with E-state index in [-0.39, 0.29) is 0 Å². The molecule has 60 valence electrons. The largest absolute Gasteiger partial charge is 0.394 e. The SMILES string of the molecule is OC[C@@H]1O[C@H](O)[C@H](O)[C@@H]1O. The lowest BCUT2D eigenvalue weighted by Crippen LogP contribution is -2.33. The lowest BCUT2D eigenvalue weighted by molar-refractivity contribution is -0.132. The van der Waals surface area contributed by atoms with Crippen molar-refractivity contribution in [3.05, 3.63) is 0 Å². The molecular formula is C5H10O5. The molecule has 0 amide bonds.